The van der Waals surface area contributed by atoms with Crippen LogP contribution in [0.15, 0.2) is 38.0 Å². The Morgan fingerprint density at radius 2 is 1.69 bits per heavy atom. The van der Waals surface area contributed by atoms with Gasteiger partial charge in [-0.3, -0.25) is 0 Å². The molecule has 0 atom stereocenters. The minimum absolute atomic E-state index is 0.394. The standard InChI is InChI=1S/C6H10O.C4H6O2/c1-3-5-7-6-4-2;1-3-4(5)6-2/h3-4H,1-2,5-6H2;3H,1H2,2H3. The molecule has 74 valence electrons. The summed E-state index contributed by atoms with van der Waals surface area (Å²) in [5, 5.41) is 0. The van der Waals surface area contributed by atoms with Gasteiger partial charge in [-0.15, -0.1) is 13.2 Å². The molecule has 0 spiro atoms. The van der Waals surface area contributed by atoms with Gasteiger partial charge in [0.2, 0.25) is 0 Å². The maximum Gasteiger partial charge on any atom is 0.329 e. The van der Waals surface area contributed by atoms with E-state index >= 15 is 0 Å². The van der Waals surface area contributed by atoms with Crippen molar-refractivity contribution >= 4 is 5.97 Å². The average molecular weight is 184 g/mol. The maximum atomic E-state index is 9.84. The third kappa shape index (κ3) is 18.0. The summed E-state index contributed by atoms with van der Waals surface area (Å²) in [7, 11) is 1.31. The predicted molar refractivity (Wildman–Crippen MR) is 53.4 cm³/mol. The van der Waals surface area contributed by atoms with E-state index in [9.17, 15) is 4.79 Å². The summed E-state index contributed by atoms with van der Waals surface area (Å²) in [5.41, 5.74) is 0. The lowest BCUT2D eigenvalue weighted by molar-refractivity contribution is -0.134. The number of hydrogen-bond acceptors (Lipinski definition) is 3. The van der Waals surface area contributed by atoms with Crippen molar-refractivity contribution in [2.45, 2.75) is 0 Å². The Kier molecular flexibility index (Phi) is 14.5. The summed E-state index contributed by atoms with van der Waals surface area (Å²) in [5.74, 6) is -0.394. The van der Waals surface area contributed by atoms with Crippen LogP contribution in [0.2, 0.25) is 0 Å². The first-order chi connectivity index (χ1) is 6.22. The topological polar surface area (TPSA) is 35.5 Å². The number of carbonyl (C=O) groups is 1. The van der Waals surface area contributed by atoms with E-state index in [0.29, 0.717) is 13.2 Å². The molecule has 0 fully saturated rings. The van der Waals surface area contributed by atoms with Crippen LogP contribution in [0.4, 0.5) is 0 Å². The first-order valence-electron chi connectivity index (χ1n) is 3.72. The summed E-state index contributed by atoms with van der Waals surface area (Å²) in [6, 6.07) is 0. The molecule has 0 rings (SSSR count). The van der Waals surface area contributed by atoms with Crippen LogP contribution in [0.1, 0.15) is 0 Å². The summed E-state index contributed by atoms with van der Waals surface area (Å²) in [6.45, 7) is 11.3. The molecule has 0 aliphatic rings. The van der Waals surface area contributed by atoms with Gasteiger partial charge in [-0.05, 0) is 0 Å². The second kappa shape index (κ2) is 13.3. The fraction of sp³-hybridized carbons (Fsp3) is 0.300. The van der Waals surface area contributed by atoms with Crippen molar-refractivity contribution in [2.75, 3.05) is 20.3 Å². The Morgan fingerprint density at radius 1 is 1.23 bits per heavy atom. The van der Waals surface area contributed by atoms with E-state index in [4.69, 9.17) is 4.74 Å². The zero-order valence-electron chi connectivity index (χ0n) is 7.99. The van der Waals surface area contributed by atoms with Crippen LogP contribution in [-0.2, 0) is 14.3 Å². The highest BCUT2D eigenvalue weighted by Crippen LogP contribution is 1.72. The van der Waals surface area contributed by atoms with Crippen molar-refractivity contribution in [1.82, 2.24) is 0 Å². The summed E-state index contributed by atoms with van der Waals surface area (Å²) in [4.78, 5) is 9.84. The third-order valence-corrected chi connectivity index (χ3v) is 0.839. The Bertz CT molecular complexity index is 154. The minimum atomic E-state index is -0.394. The monoisotopic (exact) mass is 184 g/mol. The molecule has 0 amide bonds. The number of ether oxygens (including phenoxy) is 2. The van der Waals surface area contributed by atoms with E-state index in [2.05, 4.69) is 24.5 Å². The van der Waals surface area contributed by atoms with Gasteiger partial charge in [0.25, 0.3) is 0 Å². The van der Waals surface area contributed by atoms with Gasteiger partial charge in [0, 0.05) is 6.08 Å². The van der Waals surface area contributed by atoms with Gasteiger partial charge in [-0.25, -0.2) is 4.79 Å². The lowest BCUT2D eigenvalue weighted by Crippen LogP contribution is -1.91. The molecule has 0 aromatic rings. The van der Waals surface area contributed by atoms with E-state index < -0.39 is 5.97 Å². The molecule has 0 saturated carbocycles. The van der Waals surface area contributed by atoms with Crippen LogP contribution in [0.25, 0.3) is 0 Å². The van der Waals surface area contributed by atoms with E-state index in [1.807, 2.05) is 0 Å². The maximum absolute atomic E-state index is 9.84. The third-order valence-electron chi connectivity index (χ3n) is 0.839. The molecule has 0 saturated heterocycles. The van der Waals surface area contributed by atoms with Gasteiger partial charge in [0.05, 0.1) is 20.3 Å². The first-order valence-corrected chi connectivity index (χ1v) is 3.72. The van der Waals surface area contributed by atoms with E-state index in [1.165, 1.54) is 7.11 Å². The van der Waals surface area contributed by atoms with Crippen molar-refractivity contribution in [3.05, 3.63) is 38.0 Å². The Labute approximate surface area is 79.3 Å². The summed E-state index contributed by atoms with van der Waals surface area (Å²) >= 11 is 0. The highest BCUT2D eigenvalue weighted by molar-refractivity contribution is 5.80. The quantitative estimate of drug-likeness (QED) is 0.282. The highest BCUT2D eigenvalue weighted by atomic mass is 16.5. The molecule has 3 heteroatoms. The highest BCUT2D eigenvalue weighted by Gasteiger charge is 1.81. The molecule has 0 aromatic heterocycles. The van der Waals surface area contributed by atoms with E-state index in [0.717, 1.165) is 6.08 Å². The Balaban J connectivity index is 0. The van der Waals surface area contributed by atoms with E-state index in [1.54, 1.807) is 12.2 Å². The van der Waals surface area contributed by atoms with Gasteiger partial charge < -0.3 is 9.47 Å². The van der Waals surface area contributed by atoms with Crippen molar-refractivity contribution in [2.24, 2.45) is 0 Å². The van der Waals surface area contributed by atoms with Gasteiger partial charge in [-0.1, -0.05) is 18.7 Å². The van der Waals surface area contributed by atoms with E-state index in [-0.39, 0.29) is 0 Å². The fourth-order valence-corrected chi connectivity index (χ4v) is 0.318. The fourth-order valence-electron chi connectivity index (χ4n) is 0.318. The second-order valence-electron chi connectivity index (χ2n) is 1.84. The second-order valence-corrected chi connectivity index (χ2v) is 1.84. The molecule has 0 unspecified atom stereocenters. The summed E-state index contributed by atoms with van der Waals surface area (Å²) in [6.07, 6.45) is 4.53. The van der Waals surface area contributed by atoms with Crippen LogP contribution >= 0.6 is 0 Å². The zero-order valence-corrected chi connectivity index (χ0v) is 7.99. The molecule has 0 heterocycles. The minimum Gasteiger partial charge on any atom is -0.466 e. The number of esters is 1. The molecule has 0 bridgehead atoms. The Hall–Kier alpha value is -1.35. The van der Waals surface area contributed by atoms with Gasteiger partial charge in [0.1, 0.15) is 0 Å². The largest absolute Gasteiger partial charge is 0.466 e. The molecular weight excluding hydrogens is 168 g/mol. The van der Waals surface area contributed by atoms with Gasteiger partial charge in [-0.2, -0.15) is 0 Å². The number of hydrogen-bond donors (Lipinski definition) is 0. The van der Waals surface area contributed by atoms with Crippen LogP contribution in [0, 0.1) is 0 Å². The van der Waals surface area contributed by atoms with Crippen molar-refractivity contribution in [3.8, 4) is 0 Å². The lowest BCUT2D eigenvalue weighted by Gasteiger charge is -1.89. The summed E-state index contributed by atoms with van der Waals surface area (Å²) < 4.78 is 9.04. The molecule has 0 N–H and O–H groups in total. The van der Waals surface area contributed by atoms with Gasteiger partial charge >= 0.3 is 5.97 Å². The smallest absolute Gasteiger partial charge is 0.329 e. The average Bonchev–Trinajstić information content (AvgIpc) is 2.18. The van der Waals surface area contributed by atoms with Crippen LogP contribution in [-0.4, -0.2) is 26.3 Å². The molecule has 0 aliphatic carbocycles. The Morgan fingerprint density at radius 3 is 1.85 bits per heavy atom. The van der Waals surface area contributed by atoms with Gasteiger partial charge in [0.15, 0.2) is 0 Å². The zero-order chi connectivity index (χ0) is 10.5. The van der Waals surface area contributed by atoms with Crippen LogP contribution < -0.4 is 0 Å². The number of rotatable bonds is 5. The molecule has 3 nitrogen and oxygen atoms in total. The normalized spacial score (nSPS) is 7.46. The molecule has 0 radical (unpaired) electrons. The lowest BCUT2D eigenvalue weighted by atomic mass is 10.6. The van der Waals surface area contributed by atoms with Crippen LogP contribution in [0.5, 0.6) is 0 Å². The molecular formula is C10H16O3. The van der Waals surface area contributed by atoms with Crippen LogP contribution in [0.3, 0.4) is 0 Å². The molecule has 13 heavy (non-hydrogen) atoms. The number of methoxy groups -OCH3 is 1. The number of carbonyl (C=O) groups excluding carboxylic acids is 1. The predicted octanol–water partition coefficient (Wildman–Crippen LogP) is 1.72. The van der Waals surface area contributed by atoms with Crippen molar-refractivity contribution < 1.29 is 14.3 Å². The first kappa shape index (κ1) is 14.2. The molecule has 0 aromatic carbocycles. The SMILES string of the molecule is C=CC(=O)OC.C=CCOCC=C. The molecule has 0 aliphatic heterocycles. The van der Waals surface area contributed by atoms with Crippen molar-refractivity contribution in [1.29, 1.82) is 0 Å². The van der Waals surface area contributed by atoms with Crippen molar-refractivity contribution in [3.63, 3.8) is 0 Å².